The van der Waals surface area contributed by atoms with Crippen LogP contribution in [-0.2, 0) is 20.6 Å². The standard InChI is InChI=1S/C4H6O4S/c1-2-8-4(5)3-9(6)7/h2H,1,3H2,(H,6,7). The van der Waals surface area contributed by atoms with Crippen LogP contribution in [0.5, 0.6) is 0 Å². The zero-order valence-electron chi connectivity index (χ0n) is 4.57. The van der Waals surface area contributed by atoms with Gasteiger partial charge in [-0.2, -0.15) is 0 Å². The predicted octanol–water partition coefficient (Wildman–Crippen LogP) is -0.105. The van der Waals surface area contributed by atoms with Crippen molar-refractivity contribution in [3.8, 4) is 0 Å². The largest absolute Gasteiger partial charge is 0.434 e. The van der Waals surface area contributed by atoms with Crippen LogP contribution in [0.25, 0.3) is 0 Å². The van der Waals surface area contributed by atoms with E-state index < -0.39 is 22.8 Å². The average Bonchev–Trinajstić information content (AvgIpc) is 1.63. The molecule has 5 heteroatoms. The third-order valence-electron chi connectivity index (χ3n) is 0.456. The van der Waals surface area contributed by atoms with Gasteiger partial charge in [0.2, 0.25) is 0 Å². The highest BCUT2D eigenvalue weighted by atomic mass is 32.2. The maximum absolute atomic E-state index is 10.2. The Balaban J connectivity index is 3.50. The summed E-state index contributed by atoms with van der Waals surface area (Å²) in [5.41, 5.74) is 0. The van der Waals surface area contributed by atoms with E-state index in [9.17, 15) is 9.00 Å². The third kappa shape index (κ3) is 5.19. The van der Waals surface area contributed by atoms with Gasteiger partial charge < -0.3 is 9.29 Å². The zero-order valence-corrected chi connectivity index (χ0v) is 5.39. The Hall–Kier alpha value is -0.680. The molecule has 0 saturated heterocycles. The van der Waals surface area contributed by atoms with Gasteiger partial charge in [0.05, 0.1) is 6.26 Å². The molecular formula is C4H6O4S. The maximum atomic E-state index is 10.2. The van der Waals surface area contributed by atoms with Gasteiger partial charge >= 0.3 is 5.97 Å². The number of carbonyl (C=O) groups excluding carboxylic acids is 1. The maximum Gasteiger partial charge on any atom is 0.325 e. The molecule has 0 spiro atoms. The van der Waals surface area contributed by atoms with Crippen molar-refractivity contribution < 1.29 is 18.3 Å². The first-order valence-corrected chi connectivity index (χ1v) is 3.32. The van der Waals surface area contributed by atoms with Crippen LogP contribution in [0.2, 0.25) is 0 Å². The van der Waals surface area contributed by atoms with Gasteiger partial charge in [0.1, 0.15) is 5.75 Å². The Morgan fingerprint density at radius 2 is 2.44 bits per heavy atom. The fourth-order valence-electron chi connectivity index (χ4n) is 0.228. The second kappa shape index (κ2) is 4.22. The topological polar surface area (TPSA) is 63.6 Å². The zero-order chi connectivity index (χ0) is 7.28. The summed E-state index contributed by atoms with van der Waals surface area (Å²) in [6.07, 6.45) is 0.912. The highest BCUT2D eigenvalue weighted by Gasteiger charge is 2.03. The van der Waals surface area contributed by atoms with E-state index in [-0.39, 0.29) is 0 Å². The summed E-state index contributed by atoms with van der Waals surface area (Å²) in [4.78, 5) is 10.2. The highest BCUT2D eigenvalue weighted by molar-refractivity contribution is 7.80. The van der Waals surface area contributed by atoms with Crippen LogP contribution in [0.15, 0.2) is 12.8 Å². The van der Waals surface area contributed by atoms with E-state index in [1.165, 1.54) is 0 Å². The van der Waals surface area contributed by atoms with Gasteiger partial charge in [-0.25, -0.2) is 4.21 Å². The molecule has 0 rings (SSSR count). The van der Waals surface area contributed by atoms with Crippen molar-refractivity contribution in [2.45, 2.75) is 0 Å². The first kappa shape index (κ1) is 8.32. The van der Waals surface area contributed by atoms with E-state index >= 15 is 0 Å². The Labute approximate surface area is 54.8 Å². The average molecular weight is 150 g/mol. The minimum absolute atomic E-state index is 0.508. The molecule has 0 fully saturated rings. The lowest BCUT2D eigenvalue weighted by molar-refractivity contribution is -0.134. The van der Waals surface area contributed by atoms with Crippen molar-refractivity contribution >= 4 is 17.0 Å². The monoisotopic (exact) mass is 150 g/mol. The van der Waals surface area contributed by atoms with Crippen LogP contribution in [0.3, 0.4) is 0 Å². The molecule has 9 heavy (non-hydrogen) atoms. The van der Waals surface area contributed by atoms with Crippen LogP contribution >= 0.6 is 0 Å². The molecule has 0 radical (unpaired) electrons. The van der Waals surface area contributed by atoms with Crippen LogP contribution in [0.1, 0.15) is 0 Å². The van der Waals surface area contributed by atoms with Gasteiger partial charge in [-0.15, -0.1) is 0 Å². The molecule has 1 atom stereocenters. The van der Waals surface area contributed by atoms with E-state index in [0.717, 1.165) is 6.26 Å². The van der Waals surface area contributed by atoms with Crippen molar-refractivity contribution in [1.29, 1.82) is 0 Å². The molecule has 0 aromatic carbocycles. The normalized spacial score (nSPS) is 12.1. The van der Waals surface area contributed by atoms with Crippen molar-refractivity contribution in [3.63, 3.8) is 0 Å². The smallest absolute Gasteiger partial charge is 0.325 e. The number of ether oxygens (including phenoxy) is 1. The second-order valence-corrected chi connectivity index (χ2v) is 2.05. The van der Waals surface area contributed by atoms with E-state index in [4.69, 9.17) is 4.55 Å². The van der Waals surface area contributed by atoms with Gasteiger partial charge in [-0.05, 0) is 0 Å². The summed E-state index contributed by atoms with van der Waals surface area (Å²) >= 11 is -2.12. The summed E-state index contributed by atoms with van der Waals surface area (Å²) in [6.45, 7) is 3.08. The molecular weight excluding hydrogens is 144 g/mol. The lowest BCUT2D eigenvalue weighted by Crippen LogP contribution is -2.10. The van der Waals surface area contributed by atoms with Gasteiger partial charge in [0.15, 0.2) is 11.1 Å². The van der Waals surface area contributed by atoms with Crippen LogP contribution in [0, 0.1) is 0 Å². The summed E-state index contributed by atoms with van der Waals surface area (Å²) in [6, 6.07) is 0. The molecule has 0 saturated carbocycles. The fourth-order valence-corrected chi connectivity index (χ4v) is 0.497. The molecule has 0 aliphatic heterocycles. The Kier molecular flexibility index (Phi) is 3.90. The minimum atomic E-state index is -2.12. The Bertz CT molecular complexity index is 142. The molecule has 0 aromatic heterocycles. The number of carbonyl (C=O) groups is 1. The quantitative estimate of drug-likeness (QED) is 0.346. The highest BCUT2D eigenvalue weighted by Crippen LogP contribution is 1.80. The lowest BCUT2D eigenvalue weighted by atomic mass is 10.8. The first-order valence-electron chi connectivity index (χ1n) is 2.04. The van der Waals surface area contributed by atoms with E-state index in [0.29, 0.717) is 0 Å². The Morgan fingerprint density at radius 1 is 1.89 bits per heavy atom. The molecule has 4 nitrogen and oxygen atoms in total. The van der Waals surface area contributed by atoms with Crippen molar-refractivity contribution in [1.82, 2.24) is 0 Å². The van der Waals surface area contributed by atoms with Crippen molar-refractivity contribution in [3.05, 3.63) is 12.8 Å². The molecule has 0 amide bonds. The summed E-state index contributed by atoms with van der Waals surface area (Å²) < 4.78 is 22.1. The predicted molar refractivity (Wildman–Crippen MR) is 31.9 cm³/mol. The number of rotatable bonds is 3. The molecule has 1 N–H and O–H groups in total. The fraction of sp³-hybridized carbons (Fsp3) is 0.250. The second-order valence-electron chi connectivity index (χ2n) is 1.12. The van der Waals surface area contributed by atoms with E-state index in [1.807, 2.05) is 0 Å². The number of hydrogen-bond acceptors (Lipinski definition) is 3. The summed E-state index contributed by atoms with van der Waals surface area (Å²) in [5, 5.41) is 0. The van der Waals surface area contributed by atoms with Crippen molar-refractivity contribution in [2.75, 3.05) is 5.75 Å². The SMILES string of the molecule is C=COC(=O)CS(=O)O. The van der Waals surface area contributed by atoms with E-state index in [1.54, 1.807) is 0 Å². The van der Waals surface area contributed by atoms with E-state index in [2.05, 4.69) is 11.3 Å². The van der Waals surface area contributed by atoms with Crippen LogP contribution in [0.4, 0.5) is 0 Å². The minimum Gasteiger partial charge on any atom is -0.434 e. The molecule has 0 heterocycles. The molecule has 1 unspecified atom stereocenters. The summed E-state index contributed by atoms with van der Waals surface area (Å²) in [5.74, 6) is -1.27. The molecule has 0 aromatic rings. The molecule has 0 bridgehead atoms. The molecule has 52 valence electrons. The van der Waals surface area contributed by atoms with Gasteiger partial charge in [-0.1, -0.05) is 6.58 Å². The van der Waals surface area contributed by atoms with Crippen molar-refractivity contribution in [2.24, 2.45) is 0 Å². The van der Waals surface area contributed by atoms with Crippen LogP contribution < -0.4 is 0 Å². The number of hydrogen-bond donors (Lipinski definition) is 1. The van der Waals surface area contributed by atoms with Gasteiger partial charge in [-0.3, -0.25) is 4.79 Å². The first-order chi connectivity index (χ1) is 4.16. The number of esters is 1. The molecule has 0 aliphatic carbocycles. The molecule has 0 aliphatic rings. The summed E-state index contributed by atoms with van der Waals surface area (Å²) in [7, 11) is 0. The third-order valence-corrected chi connectivity index (χ3v) is 0.939. The lowest BCUT2D eigenvalue weighted by Gasteiger charge is -1.91. The van der Waals surface area contributed by atoms with Gasteiger partial charge in [0.25, 0.3) is 0 Å². The van der Waals surface area contributed by atoms with Crippen LogP contribution in [-0.4, -0.2) is 20.5 Å². The Morgan fingerprint density at radius 3 is 2.78 bits per heavy atom. The van der Waals surface area contributed by atoms with Gasteiger partial charge in [0, 0.05) is 0 Å².